The number of nitrogens with zero attached hydrogens (tertiary/aromatic N) is 1. The first kappa shape index (κ1) is 9.80. The molecule has 0 saturated carbocycles. The summed E-state index contributed by atoms with van der Waals surface area (Å²) in [7, 11) is 1.31. The molecule has 5 heteroatoms. The lowest BCUT2D eigenvalue weighted by Gasteiger charge is -2.30. The van der Waals surface area contributed by atoms with E-state index >= 15 is 0 Å². The van der Waals surface area contributed by atoms with Crippen molar-refractivity contribution in [2.75, 3.05) is 7.05 Å². The van der Waals surface area contributed by atoms with Crippen molar-refractivity contribution in [3.05, 3.63) is 5.21 Å². The quantitative estimate of drug-likeness (QED) is 0.383. The van der Waals surface area contributed by atoms with E-state index in [-0.39, 0.29) is 5.54 Å². The minimum absolute atomic E-state index is 0.342. The number of hydrogen-bond donors (Lipinski definition) is 2. The van der Waals surface area contributed by atoms with Gasteiger partial charge in [0.25, 0.3) is 0 Å². The Morgan fingerprint density at radius 1 is 1.50 bits per heavy atom. The van der Waals surface area contributed by atoms with Crippen molar-refractivity contribution < 1.29 is 10.2 Å². The van der Waals surface area contributed by atoms with Gasteiger partial charge in [-0.3, -0.25) is 0 Å². The van der Waals surface area contributed by atoms with Crippen LogP contribution in [0.1, 0.15) is 20.8 Å². The number of hydroxylamine groups is 3. The molecule has 0 heterocycles. The van der Waals surface area contributed by atoms with Gasteiger partial charge in [0.2, 0.25) is 0 Å². The molecule has 1 unspecified atom stereocenters. The van der Waals surface area contributed by atoms with E-state index in [4.69, 9.17) is 5.84 Å². The number of hydrazine groups is 1. The van der Waals surface area contributed by atoms with Crippen LogP contribution in [0.3, 0.4) is 0 Å². The van der Waals surface area contributed by atoms with Crippen LogP contribution in [0, 0.1) is 5.21 Å². The maximum atomic E-state index is 10.4. The van der Waals surface area contributed by atoms with Crippen molar-refractivity contribution in [2.24, 2.45) is 5.84 Å². The van der Waals surface area contributed by atoms with Gasteiger partial charge in [0.1, 0.15) is 0 Å². The molecule has 0 aliphatic rings. The van der Waals surface area contributed by atoms with Gasteiger partial charge in [-0.15, -0.1) is 0 Å². The molecule has 0 aliphatic heterocycles. The first-order chi connectivity index (χ1) is 4.34. The number of hydrogen-bond acceptors (Lipinski definition) is 4. The molecule has 10 heavy (non-hydrogen) atoms. The van der Waals surface area contributed by atoms with Crippen LogP contribution in [0.5, 0.6) is 0 Å². The number of rotatable bonds is 2. The predicted molar refractivity (Wildman–Crippen MR) is 37.1 cm³/mol. The Labute approximate surface area is 60.8 Å². The summed E-state index contributed by atoms with van der Waals surface area (Å²) in [5.41, 5.74) is -0.342. The zero-order chi connectivity index (χ0) is 8.36. The Hall–Kier alpha value is -0.200. The van der Waals surface area contributed by atoms with Crippen LogP contribution in [0.4, 0.5) is 0 Å². The van der Waals surface area contributed by atoms with E-state index in [9.17, 15) is 5.21 Å². The van der Waals surface area contributed by atoms with Gasteiger partial charge in [-0.2, -0.15) is 0 Å². The maximum Gasteiger partial charge on any atom is 0.0982 e. The van der Waals surface area contributed by atoms with Gasteiger partial charge in [0, 0.05) is 0 Å². The molecule has 0 amide bonds. The molecule has 1 atom stereocenters. The highest BCUT2D eigenvalue weighted by Gasteiger charge is 2.20. The second kappa shape index (κ2) is 3.27. The number of nitrogens with two attached hydrogens (primary N) is 1. The molecule has 0 spiro atoms. The van der Waals surface area contributed by atoms with Crippen molar-refractivity contribution in [1.29, 1.82) is 0 Å². The highest BCUT2D eigenvalue weighted by atomic mass is 17.0. The normalized spacial score (nSPS) is 15.9. The molecule has 62 valence electrons. The van der Waals surface area contributed by atoms with Crippen LogP contribution < -0.4 is 11.1 Å². The Morgan fingerprint density at radius 3 is 2.00 bits per heavy atom. The molecule has 0 aromatic heterocycles. The Bertz CT molecular complexity index is 99.6. The monoisotopic (exact) mass is 149 g/mol. The summed E-state index contributed by atoms with van der Waals surface area (Å²) < 4.78 is 0. The zero-order valence-electron chi connectivity index (χ0n) is 6.84. The van der Waals surface area contributed by atoms with E-state index in [1.54, 1.807) is 0 Å². The summed E-state index contributed by atoms with van der Waals surface area (Å²) in [5, 5.41) is 11.0. The second-order valence-corrected chi connectivity index (χ2v) is 3.08. The maximum absolute atomic E-state index is 10.4. The highest BCUT2D eigenvalue weighted by molar-refractivity contribution is 4.63. The fourth-order valence-corrected chi connectivity index (χ4v) is 0.275. The van der Waals surface area contributed by atoms with Crippen molar-refractivity contribution in [1.82, 2.24) is 5.17 Å². The molecule has 0 aliphatic carbocycles. The van der Waals surface area contributed by atoms with Gasteiger partial charge >= 0.3 is 0 Å². The smallest absolute Gasteiger partial charge is 0.0982 e. The lowest BCUT2D eigenvalue weighted by atomic mass is 10.1. The Balaban J connectivity index is 3.73. The van der Waals surface area contributed by atoms with Crippen molar-refractivity contribution in [3.63, 3.8) is 0 Å². The lowest BCUT2D eigenvalue weighted by Crippen LogP contribution is -3.04. The zero-order valence-corrected chi connectivity index (χ0v) is 6.84. The molecule has 3 N–H and O–H groups in total. The molecule has 5 nitrogen and oxygen atoms in total. The standard InChI is InChI=1S/C5H15N3O2/c1-5(2,3)8(6)10-7(4)9/h7H,6H2,1-4H3. The summed E-state index contributed by atoms with van der Waals surface area (Å²) in [6, 6.07) is 0. The predicted octanol–water partition coefficient (Wildman–Crippen LogP) is -1.18. The first-order valence-corrected chi connectivity index (χ1v) is 3.07. The molecule has 0 radical (unpaired) electrons. The van der Waals surface area contributed by atoms with E-state index in [1.165, 1.54) is 7.05 Å². The van der Waals surface area contributed by atoms with Crippen molar-refractivity contribution in [3.8, 4) is 0 Å². The van der Waals surface area contributed by atoms with Crippen LogP contribution in [0.2, 0.25) is 0 Å². The average Bonchev–Trinajstić information content (AvgIpc) is 1.60. The number of nitrogens with one attached hydrogen (secondary N) is 1. The molecule has 0 saturated heterocycles. The third-order valence-electron chi connectivity index (χ3n) is 0.888. The first-order valence-electron chi connectivity index (χ1n) is 3.07. The van der Waals surface area contributed by atoms with E-state index in [1.807, 2.05) is 20.8 Å². The minimum Gasteiger partial charge on any atom is -0.599 e. The van der Waals surface area contributed by atoms with Gasteiger partial charge < -0.3 is 5.21 Å². The third kappa shape index (κ3) is 3.76. The third-order valence-corrected chi connectivity index (χ3v) is 0.888. The van der Waals surface area contributed by atoms with Crippen LogP contribution in [0.15, 0.2) is 0 Å². The Kier molecular flexibility index (Phi) is 3.20. The van der Waals surface area contributed by atoms with Crippen LogP contribution in [-0.2, 0) is 4.94 Å². The summed E-state index contributed by atoms with van der Waals surface area (Å²) >= 11 is 0. The summed E-state index contributed by atoms with van der Waals surface area (Å²) in [6.45, 7) is 5.53. The van der Waals surface area contributed by atoms with Gasteiger partial charge in [-0.05, 0) is 20.8 Å². The summed E-state index contributed by atoms with van der Waals surface area (Å²) in [4.78, 5) is 4.59. The van der Waals surface area contributed by atoms with Gasteiger partial charge in [0.15, 0.2) is 0 Å². The van der Waals surface area contributed by atoms with Crippen molar-refractivity contribution >= 4 is 0 Å². The fraction of sp³-hybridized carbons (Fsp3) is 1.00. The summed E-state index contributed by atoms with van der Waals surface area (Å²) in [6.07, 6.45) is 0. The molecular formula is C5H15N3O2. The topological polar surface area (TPSA) is 66.0 Å². The number of quaternary nitrogens is 1. The second-order valence-electron chi connectivity index (χ2n) is 3.08. The fourth-order valence-electron chi connectivity index (χ4n) is 0.275. The SMILES string of the molecule is C[NH+]([O-])ON(N)C(C)(C)C. The lowest BCUT2D eigenvalue weighted by molar-refractivity contribution is -1.07. The minimum atomic E-state index is -0.405. The van der Waals surface area contributed by atoms with E-state index in [0.717, 1.165) is 5.17 Å². The van der Waals surface area contributed by atoms with Gasteiger partial charge in [-0.1, -0.05) is 10.1 Å². The molecule has 0 fully saturated rings. The van der Waals surface area contributed by atoms with E-state index < -0.39 is 5.23 Å². The van der Waals surface area contributed by atoms with Gasteiger partial charge in [0.05, 0.1) is 12.6 Å². The van der Waals surface area contributed by atoms with E-state index in [0.29, 0.717) is 0 Å². The van der Waals surface area contributed by atoms with Crippen LogP contribution >= 0.6 is 0 Å². The largest absolute Gasteiger partial charge is 0.599 e. The van der Waals surface area contributed by atoms with Crippen LogP contribution in [0.25, 0.3) is 0 Å². The van der Waals surface area contributed by atoms with Crippen LogP contribution in [-0.4, -0.2) is 17.8 Å². The van der Waals surface area contributed by atoms with E-state index in [2.05, 4.69) is 4.94 Å². The molecule has 0 bridgehead atoms. The molecular weight excluding hydrogens is 134 g/mol. The highest BCUT2D eigenvalue weighted by Crippen LogP contribution is 2.05. The van der Waals surface area contributed by atoms with Crippen molar-refractivity contribution in [2.45, 2.75) is 26.3 Å². The Morgan fingerprint density at radius 2 is 1.90 bits per heavy atom. The summed E-state index contributed by atoms with van der Waals surface area (Å²) in [5.74, 6) is 5.34. The molecule has 0 aromatic carbocycles. The average molecular weight is 149 g/mol. The molecule has 0 aromatic rings. The van der Waals surface area contributed by atoms with Gasteiger partial charge in [-0.25, -0.2) is 11.1 Å². The molecule has 0 rings (SSSR count).